The molecule has 0 saturated carbocycles. The maximum Gasteiger partial charge on any atom is 0.119 e. The van der Waals surface area contributed by atoms with Crippen LogP contribution in [0.25, 0.3) is 0 Å². The average Bonchev–Trinajstić information content (AvgIpc) is 2.21. The molecule has 1 aromatic rings. The predicted octanol–water partition coefficient (Wildman–Crippen LogP) is 3.23. The van der Waals surface area contributed by atoms with E-state index in [4.69, 9.17) is 0 Å². The number of phenols is 2. The van der Waals surface area contributed by atoms with E-state index in [9.17, 15) is 15.3 Å². The minimum atomic E-state index is -0.472. The third-order valence-electron chi connectivity index (χ3n) is 3.09. The number of aromatic hydroxyl groups is 2. The maximum atomic E-state index is 9.87. The largest absolute Gasteiger partial charge is 0.508 e. The lowest BCUT2D eigenvalue weighted by Crippen LogP contribution is -2.11. The molecule has 0 aromatic heterocycles. The molecule has 0 heterocycles. The fourth-order valence-electron chi connectivity index (χ4n) is 2.11. The minimum absolute atomic E-state index is 0.0224. The van der Waals surface area contributed by atoms with E-state index in [0.29, 0.717) is 24.0 Å². The van der Waals surface area contributed by atoms with Crippen molar-refractivity contribution in [3.63, 3.8) is 0 Å². The molecule has 0 aliphatic rings. The minimum Gasteiger partial charge on any atom is -0.508 e. The number of rotatable bonds is 5. The summed E-state index contributed by atoms with van der Waals surface area (Å²) < 4.78 is 0. The maximum absolute atomic E-state index is 9.87. The zero-order chi connectivity index (χ0) is 13.9. The summed E-state index contributed by atoms with van der Waals surface area (Å²) in [5, 5.41) is 29.4. The second kappa shape index (κ2) is 5.91. The van der Waals surface area contributed by atoms with Crippen molar-refractivity contribution in [3.8, 4) is 11.5 Å². The van der Waals surface area contributed by atoms with Crippen LogP contribution in [0.4, 0.5) is 0 Å². The Morgan fingerprint density at radius 1 is 1.28 bits per heavy atom. The van der Waals surface area contributed by atoms with E-state index in [1.165, 1.54) is 0 Å². The highest BCUT2D eigenvalue weighted by Crippen LogP contribution is 2.34. The summed E-state index contributed by atoms with van der Waals surface area (Å²) in [4.78, 5) is 0. The lowest BCUT2D eigenvalue weighted by Gasteiger charge is -2.18. The molecule has 0 saturated heterocycles. The Kier molecular flexibility index (Phi) is 4.79. The van der Waals surface area contributed by atoms with Crippen LogP contribution < -0.4 is 0 Å². The Morgan fingerprint density at radius 2 is 1.89 bits per heavy atom. The van der Waals surface area contributed by atoms with Crippen molar-refractivity contribution in [2.45, 2.75) is 45.6 Å². The first-order valence-corrected chi connectivity index (χ1v) is 6.16. The van der Waals surface area contributed by atoms with Crippen molar-refractivity contribution < 1.29 is 15.3 Å². The lowest BCUT2D eigenvalue weighted by molar-refractivity contribution is 0.157. The molecule has 0 bridgehead atoms. The van der Waals surface area contributed by atoms with E-state index in [0.717, 1.165) is 5.57 Å². The zero-order valence-electron chi connectivity index (χ0n) is 11.3. The molecule has 0 spiro atoms. The molecule has 2 unspecified atom stereocenters. The number of aliphatic hydroxyl groups is 1. The normalized spacial score (nSPS) is 14.2. The van der Waals surface area contributed by atoms with Gasteiger partial charge in [0, 0.05) is 5.56 Å². The van der Waals surface area contributed by atoms with Gasteiger partial charge in [0.15, 0.2) is 0 Å². The SMILES string of the molecule is C=C(C)CC(O)CC(C)c1cc(O)c(C)cc1O. The molecule has 1 aromatic carbocycles. The van der Waals surface area contributed by atoms with Gasteiger partial charge in [-0.25, -0.2) is 0 Å². The van der Waals surface area contributed by atoms with Gasteiger partial charge in [-0.3, -0.25) is 0 Å². The quantitative estimate of drug-likeness (QED) is 0.555. The summed E-state index contributed by atoms with van der Waals surface area (Å²) in [6, 6.07) is 3.12. The summed E-state index contributed by atoms with van der Waals surface area (Å²) >= 11 is 0. The molecule has 100 valence electrons. The molecule has 1 rings (SSSR count). The monoisotopic (exact) mass is 250 g/mol. The molecule has 3 heteroatoms. The Labute approximate surface area is 108 Å². The molecule has 2 atom stereocenters. The number of aliphatic hydroxyl groups excluding tert-OH is 1. The second-order valence-electron chi connectivity index (χ2n) is 5.15. The molecule has 0 aliphatic carbocycles. The summed E-state index contributed by atoms with van der Waals surface area (Å²) in [5.41, 5.74) is 2.25. The van der Waals surface area contributed by atoms with Gasteiger partial charge < -0.3 is 15.3 Å². The summed E-state index contributed by atoms with van der Waals surface area (Å²) in [6.45, 7) is 9.30. The Bertz CT molecular complexity index is 438. The van der Waals surface area contributed by atoms with E-state index in [1.807, 2.05) is 13.8 Å². The van der Waals surface area contributed by atoms with Crippen molar-refractivity contribution in [2.24, 2.45) is 0 Å². The first-order chi connectivity index (χ1) is 8.31. The van der Waals surface area contributed by atoms with Crippen LogP contribution in [0.2, 0.25) is 0 Å². The fraction of sp³-hybridized carbons (Fsp3) is 0.467. The van der Waals surface area contributed by atoms with Gasteiger partial charge in [-0.1, -0.05) is 12.5 Å². The highest BCUT2D eigenvalue weighted by atomic mass is 16.3. The van der Waals surface area contributed by atoms with Crippen LogP contribution in [0, 0.1) is 6.92 Å². The summed E-state index contributed by atoms with van der Waals surface area (Å²) in [5.74, 6) is 0.315. The molecule has 3 nitrogen and oxygen atoms in total. The van der Waals surface area contributed by atoms with Gasteiger partial charge in [-0.15, -0.1) is 6.58 Å². The van der Waals surface area contributed by atoms with Crippen LogP contribution in [0.5, 0.6) is 11.5 Å². The number of aryl methyl sites for hydroxylation is 1. The highest BCUT2D eigenvalue weighted by molar-refractivity contribution is 5.45. The van der Waals surface area contributed by atoms with E-state index < -0.39 is 6.10 Å². The number of hydrogen-bond donors (Lipinski definition) is 3. The van der Waals surface area contributed by atoms with Crippen molar-refractivity contribution >= 4 is 0 Å². The Balaban J connectivity index is 2.81. The lowest BCUT2D eigenvalue weighted by atomic mass is 9.91. The number of phenolic OH excluding ortho intramolecular Hbond substituents is 2. The molecule has 0 fully saturated rings. The van der Waals surface area contributed by atoms with Crippen LogP contribution in [0.15, 0.2) is 24.3 Å². The van der Waals surface area contributed by atoms with Crippen LogP contribution >= 0.6 is 0 Å². The third-order valence-corrected chi connectivity index (χ3v) is 3.09. The van der Waals surface area contributed by atoms with Gasteiger partial charge in [-0.2, -0.15) is 0 Å². The molecule has 0 radical (unpaired) electrons. The first kappa shape index (κ1) is 14.6. The van der Waals surface area contributed by atoms with Gasteiger partial charge in [0.25, 0.3) is 0 Å². The van der Waals surface area contributed by atoms with Gasteiger partial charge in [0.1, 0.15) is 11.5 Å². The fourth-order valence-corrected chi connectivity index (χ4v) is 2.11. The van der Waals surface area contributed by atoms with Crippen LogP contribution in [0.1, 0.15) is 43.7 Å². The molecule has 0 aliphatic heterocycles. The number of benzene rings is 1. The van der Waals surface area contributed by atoms with E-state index in [2.05, 4.69) is 6.58 Å². The second-order valence-corrected chi connectivity index (χ2v) is 5.15. The topological polar surface area (TPSA) is 60.7 Å². The molecule has 3 N–H and O–H groups in total. The van der Waals surface area contributed by atoms with Crippen molar-refractivity contribution in [2.75, 3.05) is 0 Å². The third kappa shape index (κ3) is 3.77. The first-order valence-electron chi connectivity index (χ1n) is 6.16. The van der Waals surface area contributed by atoms with Crippen molar-refractivity contribution in [3.05, 3.63) is 35.4 Å². The average molecular weight is 250 g/mol. The van der Waals surface area contributed by atoms with Crippen molar-refractivity contribution in [1.29, 1.82) is 0 Å². The van der Waals surface area contributed by atoms with Crippen LogP contribution in [-0.4, -0.2) is 21.4 Å². The molecule has 18 heavy (non-hydrogen) atoms. The Morgan fingerprint density at radius 3 is 2.44 bits per heavy atom. The Hall–Kier alpha value is -1.48. The van der Waals surface area contributed by atoms with Crippen LogP contribution in [-0.2, 0) is 0 Å². The highest BCUT2D eigenvalue weighted by Gasteiger charge is 2.16. The summed E-state index contributed by atoms with van der Waals surface area (Å²) in [7, 11) is 0. The van der Waals surface area contributed by atoms with Gasteiger partial charge in [-0.05, 0) is 50.3 Å². The predicted molar refractivity (Wildman–Crippen MR) is 73.0 cm³/mol. The standard InChI is InChI=1S/C15H22O3/c1-9(2)5-12(16)6-10(3)13-8-14(17)11(4)7-15(13)18/h7-8,10,12,16-18H,1,5-6H2,2-4H3. The van der Waals surface area contributed by atoms with Gasteiger partial charge >= 0.3 is 0 Å². The number of hydrogen-bond acceptors (Lipinski definition) is 3. The van der Waals surface area contributed by atoms with E-state index in [-0.39, 0.29) is 17.4 Å². The zero-order valence-corrected chi connectivity index (χ0v) is 11.3. The smallest absolute Gasteiger partial charge is 0.119 e. The van der Waals surface area contributed by atoms with Gasteiger partial charge in [0.05, 0.1) is 6.10 Å². The van der Waals surface area contributed by atoms with Crippen molar-refractivity contribution in [1.82, 2.24) is 0 Å². The molecule has 0 amide bonds. The van der Waals surface area contributed by atoms with Gasteiger partial charge in [0.2, 0.25) is 0 Å². The molecular weight excluding hydrogens is 228 g/mol. The van der Waals surface area contributed by atoms with E-state index in [1.54, 1.807) is 19.1 Å². The van der Waals surface area contributed by atoms with E-state index >= 15 is 0 Å². The summed E-state index contributed by atoms with van der Waals surface area (Å²) in [6.07, 6.45) is 0.617. The molecular formula is C15H22O3. The van der Waals surface area contributed by atoms with Crippen LogP contribution in [0.3, 0.4) is 0 Å².